The normalized spacial score (nSPS) is 11.7. The Morgan fingerprint density at radius 2 is 2.00 bits per heavy atom. The monoisotopic (exact) mass is 406 g/mol. The molecule has 0 saturated carbocycles. The molecule has 0 aromatic heterocycles. The molecule has 0 saturated heterocycles. The van der Waals surface area contributed by atoms with Crippen molar-refractivity contribution in [3.63, 3.8) is 0 Å². The fraction of sp³-hybridized carbons (Fsp3) is 0.357. The summed E-state index contributed by atoms with van der Waals surface area (Å²) in [7, 11) is 0. The molecule has 0 aliphatic rings. The molecule has 126 valence electrons. The van der Waals surface area contributed by atoms with E-state index in [2.05, 4.69) is 15.9 Å². The van der Waals surface area contributed by atoms with Gasteiger partial charge in [-0.05, 0) is 24.1 Å². The number of imide groups is 1. The lowest BCUT2D eigenvalue weighted by Crippen LogP contribution is -2.46. The van der Waals surface area contributed by atoms with Crippen LogP contribution in [0.1, 0.15) is 13.8 Å². The first kappa shape index (κ1) is 19.2. The first-order valence-electron chi connectivity index (χ1n) is 6.58. The molecule has 0 radical (unpaired) electrons. The van der Waals surface area contributed by atoms with E-state index in [1.807, 2.05) is 5.32 Å². The van der Waals surface area contributed by atoms with Gasteiger partial charge in [0.05, 0.1) is 5.02 Å². The Kier molecular flexibility index (Phi) is 7.31. The molecular formula is C14H16BrClN2O5. The highest BCUT2D eigenvalue weighted by Crippen LogP contribution is 2.27. The van der Waals surface area contributed by atoms with Crippen molar-refractivity contribution in [1.82, 2.24) is 5.32 Å². The third kappa shape index (κ3) is 6.45. The number of primary amides is 1. The van der Waals surface area contributed by atoms with Crippen molar-refractivity contribution in [3.8, 4) is 5.75 Å². The molecule has 0 spiro atoms. The Hall–Kier alpha value is -1.80. The first-order chi connectivity index (χ1) is 10.7. The van der Waals surface area contributed by atoms with E-state index < -0.39 is 30.6 Å². The highest BCUT2D eigenvalue weighted by Gasteiger charge is 2.27. The molecular weight excluding hydrogens is 392 g/mol. The molecule has 1 atom stereocenters. The minimum Gasteiger partial charge on any atom is -0.480 e. The predicted molar refractivity (Wildman–Crippen MR) is 87.1 cm³/mol. The van der Waals surface area contributed by atoms with Crippen molar-refractivity contribution < 1.29 is 23.9 Å². The number of nitrogens with one attached hydrogen (secondary N) is 1. The third-order valence-electron chi connectivity index (χ3n) is 2.61. The van der Waals surface area contributed by atoms with Crippen LogP contribution in [0, 0.1) is 5.92 Å². The molecule has 1 aromatic rings. The van der Waals surface area contributed by atoms with Crippen molar-refractivity contribution in [2.45, 2.75) is 20.0 Å². The summed E-state index contributed by atoms with van der Waals surface area (Å²) in [6.07, 6.45) is -1.15. The highest BCUT2D eigenvalue weighted by atomic mass is 79.9. The Morgan fingerprint density at radius 1 is 1.35 bits per heavy atom. The van der Waals surface area contributed by atoms with Crippen LogP contribution in [0.4, 0.5) is 4.79 Å². The second kappa shape index (κ2) is 8.73. The van der Waals surface area contributed by atoms with Crippen molar-refractivity contribution in [1.29, 1.82) is 0 Å². The number of hydrogen-bond donors (Lipinski definition) is 2. The van der Waals surface area contributed by atoms with Crippen molar-refractivity contribution in [2.24, 2.45) is 11.7 Å². The molecule has 0 aliphatic heterocycles. The van der Waals surface area contributed by atoms with Crippen LogP contribution in [0.25, 0.3) is 0 Å². The smallest absolute Gasteiger partial charge is 0.344 e. The van der Waals surface area contributed by atoms with Gasteiger partial charge >= 0.3 is 12.0 Å². The summed E-state index contributed by atoms with van der Waals surface area (Å²) in [4.78, 5) is 34.2. The number of halogens is 2. The molecule has 3 N–H and O–H groups in total. The van der Waals surface area contributed by atoms with Crippen molar-refractivity contribution >= 4 is 45.4 Å². The molecule has 0 fully saturated rings. The molecule has 23 heavy (non-hydrogen) atoms. The largest absolute Gasteiger partial charge is 0.480 e. The van der Waals surface area contributed by atoms with Crippen LogP contribution in [0.15, 0.2) is 22.7 Å². The fourth-order valence-corrected chi connectivity index (χ4v) is 2.32. The van der Waals surface area contributed by atoms with E-state index in [0.717, 1.165) is 4.47 Å². The van der Waals surface area contributed by atoms with Gasteiger partial charge in [0.2, 0.25) is 0 Å². The molecule has 0 bridgehead atoms. The van der Waals surface area contributed by atoms with E-state index in [-0.39, 0.29) is 5.92 Å². The maximum absolute atomic E-state index is 11.8. The van der Waals surface area contributed by atoms with Crippen LogP contribution >= 0.6 is 27.5 Å². The zero-order valence-electron chi connectivity index (χ0n) is 12.5. The molecule has 3 amide bonds. The summed E-state index contributed by atoms with van der Waals surface area (Å²) >= 11 is 9.20. The van der Waals surface area contributed by atoms with E-state index in [9.17, 15) is 14.4 Å². The van der Waals surface area contributed by atoms with Gasteiger partial charge in [0.1, 0.15) is 5.75 Å². The van der Waals surface area contributed by atoms with E-state index in [0.29, 0.717) is 10.8 Å². The van der Waals surface area contributed by atoms with E-state index >= 15 is 0 Å². The van der Waals surface area contributed by atoms with Gasteiger partial charge in [0, 0.05) is 4.47 Å². The topological polar surface area (TPSA) is 108 Å². The van der Waals surface area contributed by atoms with E-state index in [4.69, 9.17) is 26.8 Å². The van der Waals surface area contributed by atoms with Crippen LogP contribution in [-0.4, -0.2) is 30.6 Å². The summed E-state index contributed by atoms with van der Waals surface area (Å²) in [5.41, 5.74) is 4.87. The van der Waals surface area contributed by atoms with Gasteiger partial charge in [-0.25, -0.2) is 9.59 Å². The number of rotatable bonds is 6. The average molecular weight is 408 g/mol. The zero-order valence-corrected chi connectivity index (χ0v) is 14.8. The minimum absolute atomic E-state index is 0.300. The van der Waals surface area contributed by atoms with Gasteiger partial charge in [0.25, 0.3) is 5.91 Å². The number of carbonyl (C=O) groups excluding carboxylic acids is 3. The highest BCUT2D eigenvalue weighted by molar-refractivity contribution is 9.10. The number of nitrogens with two attached hydrogens (primary N) is 1. The molecule has 0 aliphatic carbocycles. The number of carbonyl (C=O) groups is 3. The minimum atomic E-state index is -1.15. The fourth-order valence-electron chi connectivity index (χ4n) is 1.59. The van der Waals surface area contributed by atoms with Crippen LogP contribution in [0.2, 0.25) is 5.02 Å². The summed E-state index contributed by atoms with van der Waals surface area (Å²) in [5.74, 6) is -1.62. The van der Waals surface area contributed by atoms with E-state index in [1.165, 1.54) is 0 Å². The van der Waals surface area contributed by atoms with Crippen LogP contribution in [-0.2, 0) is 14.3 Å². The van der Waals surface area contributed by atoms with Crippen molar-refractivity contribution in [3.05, 3.63) is 27.7 Å². The Bertz CT molecular complexity index is 609. The summed E-state index contributed by atoms with van der Waals surface area (Å²) in [6, 6.07) is 3.87. The lowest BCUT2D eigenvalue weighted by Gasteiger charge is -2.20. The number of ether oxygens (including phenoxy) is 2. The second-order valence-electron chi connectivity index (χ2n) is 4.87. The SMILES string of the molecule is CC(C)[C@@H](OC(=O)COc1ccc(Br)cc1Cl)C(=O)NC(N)=O. The molecule has 0 heterocycles. The number of esters is 1. The number of hydrogen-bond acceptors (Lipinski definition) is 5. The summed E-state index contributed by atoms with van der Waals surface area (Å²) < 4.78 is 11.0. The number of amides is 3. The van der Waals surface area contributed by atoms with Gasteiger partial charge in [-0.2, -0.15) is 0 Å². The molecule has 1 rings (SSSR count). The first-order valence-corrected chi connectivity index (χ1v) is 7.75. The van der Waals surface area contributed by atoms with Gasteiger partial charge in [-0.1, -0.05) is 41.4 Å². The van der Waals surface area contributed by atoms with Gasteiger partial charge in [-0.15, -0.1) is 0 Å². The molecule has 9 heteroatoms. The van der Waals surface area contributed by atoms with E-state index in [1.54, 1.807) is 32.0 Å². The van der Waals surface area contributed by atoms with Crippen LogP contribution in [0.5, 0.6) is 5.75 Å². The molecule has 0 unspecified atom stereocenters. The Labute approximate surface area is 146 Å². The molecule has 7 nitrogen and oxygen atoms in total. The van der Waals surface area contributed by atoms with Crippen LogP contribution < -0.4 is 15.8 Å². The van der Waals surface area contributed by atoms with Gasteiger partial charge in [-0.3, -0.25) is 10.1 Å². The lowest BCUT2D eigenvalue weighted by atomic mass is 10.1. The van der Waals surface area contributed by atoms with Gasteiger partial charge in [0.15, 0.2) is 12.7 Å². The zero-order chi connectivity index (χ0) is 17.6. The second-order valence-corrected chi connectivity index (χ2v) is 6.19. The average Bonchev–Trinajstić information content (AvgIpc) is 2.42. The lowest BCUT2D eigenvalue weighted by molar-refractivity contribution is -0.160. The predicted octanol–water partition coefficient (Wildman–Crippen LogP) is 2.24. The standard InChI is InChI=1S/C14H16BrClN2O5/c1-7(2)12(13(20)18-14(17)21)23-11(19)6-22-10-4-3-8(15)5-9(10)16/h3-5,7,12H,6H2,1-2H3,(H3,17,18,20,21)/t12-/m1/s1. The van der Waals surface area contributed by atoms with Gasteiger partial charge < -0.3 is 15.2 Å². The quantitative estimate of drug-likeness (QED) is 0.703. The number of benzene rings is 1. The molecule has 1 aromatic carbocycles. The summed E-state index contributed by atoms with van der Waals surface area (Å²) in [6.45, 7) is 2.88. The summed E-state index contributed by atoms with van der Waals surface area (Å²) in [5, 5.41) is 2.19. The maximum Gasteiger partial charge on any atom is 0.344 e. The van der Waals surface area contributed by atoms with Crippen molar-refractivity contribution in [2.75, 3.05) is 6.61 Å². The maximum atomic E-state index is 11.8. The number of urea groups is 1. The Balaban J connectivity index is 2.62. The third-order valence-corrected chi connectivity index (χ3v) is 3.40. The Morgan fingerprint density at radius 3 is 2.52 bits per heavy atom. The van der Waals surface area contributed by atoms with Crippen LogP contribution in [0.3, 0.4) is 0 Å².